The maximum Gasteiger partial charge on any atom is 0.257 e. The van der Waals surface area contributed by atoms with Crippen LogP contribution in [0.2, 0.25) is 0 Å². The highest BCUT2D eigenvalue weighted by Gasteiger charge is 2.12. The molecule has 0 spiro atoms. The van der Waals surface area contributed by atoms with E-state index in [1.54, 1.807) is 29.6 Å². The number of anilines is 2. The minimum Gasteiger partial charge on any atom is -0.325 e. The summed E-state index contributed by atoms with van der Waals surface area (Å²) in [6.07, 6.45) is 1.01. The molecule has 0 aliphatic heterocycles. The molecule has 0 saturated carbocycles. The van der Waals surface area contributed by atoms with Gasteiger partial charge in [-0.1, -0.05) is 43.3 Å². The van der Waals surface area contributed by atoms with Gasteiger partial charge >= 0.3 is 0 Å². The number of hydrogen-bond donors (Lipinski definition) is 2. The Bertz CT molecular complexity index is 906. The largest absolute Gasteiger partial charge is 0.325 e. The number of para-hydroxylation sites is 1. The normalized spacial score (nSPS) is 10.3. The molecule has 132 valence electrons. The Morgan fingerprint density at radius 1 is 1.00 bits per heavy atom. The molecule has 2 amide bonds. The van der Waals surface area contributed by atoms with Gasteiger partial charge in [-0.05, 0) is 30.2 Å². The van der Waals surface area contributed by atoms with E-state index >= 15 is 0 Å². The molecule has 3 rings (SSSR count). The minimum atomic E-state index is -0.215. The van der Waals surface area contributed by atoms with Crippen LogP contribution in [-0.4, -0.2) is 16.8 Å². The number of carbonyl (C=O) groups excluding carboxylic acids is 2. The number of amides is 2. The molecule has 5 nitrogen and oxygen atoms in total. The Hall–Kier alpha value is -2.99. The first-order valence-corrected chi connectivity index (χ1v) is 9.22. The Morgan fingerprint density at radius 2 is 1.73 bits per heavy atom. The Balaban J connectivity index is 1.59. The molecule has 0 radical (unpaired) electrons. The first-order chi connectivity index (χ1) is 12.7. The van der Waals surface area contributed by atoms with E-state index in [4.69, 9.17) is 0 Å². The number of nitrogens with zero attached hydrogens (tertiary/aromatic N) is 1. The molecule has 1 aromatic heterocycles. The first-order valence-electron chi connectivity index (χ1n) is 8.34. The average Bonchev–Trinajstić information content (AvgIpc) is 3.09. The van der Waals surface area contributed by atoms with E-state index in [0.29, 0.717) is 16.4 Å². The number of benzene rings is 2. The first kappa shape index (κ1) is 17.8. The third-order valence-corrected chi connectivity index (χ3v) is 4.63. The van der Waals surface area contributed by atoms with Crippen LogP contribution in [0.5, 0.6) is 0 Å². The lowest BCUT2D eigenvalue weighted by atomic mass is 10.1. The summed E-state index contributed by atoms with van der Waals surface area (Å²) in [6.45, 7) is 2.05. The molecule has 0 atom stereocenters. The van der Waals surface area contributed by atoms with Crippen LogP contribution in [0.25, 0.3) is 0 Å². The van der Waals surface area contributed by atoms with E-state index in [-0.39, 0.29) is 18.2 Å². The van der Waals surface area contributed by atoms with E-state index in [2.05, 4.69) is 15.6 Å². The van der Waals surface area contributed by atoms with Gasteiger partial charge in [0, 0.05) is 16.6 Å². The molecule has 3 aromatic rings. The standard InChI is InChI=1S/C20H19N3O2S/c1-2-14-8-6-7-11-17(14)22-18(24)12-16-13-26-20(21-16)23-19(25)15-9-4-3-5-10-15/h3-11,13H,2,12H2,1H3,(H,22,24)(H,21,23,25). The highest BCUT2D eigenvalue weighted by atomic mass is 32.1. The lowest BCUT2D eigenvalue weighted by Gasteiger charge is -2.08. The van der Waals surface area contributed by atoms with Crippen LogP contribution in [0.4, 0.5) is 10.8 Å². The number of nitrogens with one attached hydrogen (secondary N) is 2. The van der Waals surface area contributed by atoms with Crippen molar-refractivity contribution in [3.8, 4) is 0 Å². The van der Waals surface area contributed by atoms with Crippen LogP contribution < -0.4 is 10.6 Å². The maximum absolute atomic E-state index is 12.3. The average molecular weight is 365 g/mol. The van der Waals surface area contributed by atoms with E-state index < -0.39 is 0 Å². The minimum absolute atomic E-state index is 0.128. The van der Waals surface area contributed by atoms with Crippen LogP contribution in [0.15, 0.2) is 60.0 Å². The zero-order chi connectivity index (χ0) is 18.4. The number of hydrogen-bond acceptors (Lipinski definition) is 4. The second kappa shape index (κ2) is 8.40. The summed E-state index contributed by atoms with van der Waals surface area (Å²) in [5.41, 5.74) is 3.12. The number of aryl methyl sites for hydroxylation is 1. The van der Waals surface area contributed by atoms with Gasteiger partial charge in [-0.3, -0.25) is 14.9 Å². The predicted molar refractivity (Wildman–Crippen MR) is 105 cm³/mol. The van der Waals surface area contributed by atoms with Gasteiger partial charge in [-0.25, -0.2) is 4.98 Å². The summed E-state index contributed by atoms with van der Waals surface area (Å²) < 4.78 is 0. The molecule has 2 N–H and O–H groups in total. The molecule has 26 heavy (non-hydrogen) atoms. The Kier molecular flexibility index (Phi) is 5.76. The topological polar surface area (TPSA) is 71.1 Å². The van der Waals surface area contributed by atoms with Crippen molar-refractivity contribution in [3.63, 3.8) is 0 Å². The van der Waals surface area contributed by atoms with Gasteiger partial charge in [0.25, 0.3) is 5.91 Å². The molecule has 0 bridgehead atoms. The zero-order valence-corrected chi connectivity index (χ0v) is 15.2. The van der Waals surface area contributed by atoms with Gasteiger partial charge in [0.2, 0.25) is 5.91 Å². The molecule has 0 aliphatic carbocycles. The highest BCUT2D eigenvalue weighted by molar-refractivity contribution is 7.14. The lowest BCUT2D eigenvalue weighted by molar-refractivity contribution is -0.115. The lowest BCUT2D eigenvalue weighted by Crippen LogP contribution is -2.16. The summed E-state index contributed by atoms with van der Waals surface area (Å²) in [5.74, 6) is -0.343. The van der Waals surface area contributed by atoms with Gasteiger partial charge in [0.15, 0.2) is 5.13 Å². The predicted octanol–water partition coefficient (Wildman–Crippen LogP) is 4.14. The van der Waals surface area contributed by atoms with Crippen molar-refractivity contribution in [1.82, 2.24) is 4.98 Å². The van der Waals surface area contributed by atoms with E-state index in [1.165, 1.54) is 11.3 Å². The zero-order valence-electron chi connectivity index (χ0n) is 14.4. The number of aromatic nitrogens is 1. The van der Waals surface area contributed by atoms with Gasteiger partial charge < -0.3 is 5.32 Å². The van der Waals surface area contributed by atoms with E-state index in [9.17, 15) is 9.59 Å². The molecular formula is C20H19N3O2S. The fourth-order valence-electron chi connectivity index (χ4n) is 2.51. The number of carbonyl (C=O) groups is 2. The maximum atomic E-state index is 12.3. The van der Waals surface area contributed by atoms with Crippen molar-refractivity contribution in [1.29, 1.82) is 0 Å². The summed E-state index contributed by atoms with van der Waals surface area (Å²) >= 11 is 1.31. The van der Waals surface area contributed by atoms with Crippen LogP contribution >= 0.6 is 11.3 Å². The van der Waals surface area contributed by atoms with Crippen molar-refractivity contribution in [2.75, 3.05) is 10.6 Å². The molecule has 0 unspecified atom stereocenters. The fourth-order valence-corrected chi connectivity index (χ4v) is 3.22. The highest BCUT2D eigenvalue weighted by Crippen LogP contribution is 2.19. The Morgan fingerprint density at radius 3 is 2.50 bits per heavy atom. The van der Waals surface area contributed by atoms with Crippen LogP contribution in [-0.2, 0) is 17.6 Å². The summed E-state index contributed by atoms with van der Waals surface area (Å²) in [5, 5.41) is 7.95. The molecule has 6 heteroatoms. The van der Waals surface area contributed by atoms with Crippen LogP contribution in [0.1, 0.15) is 28.5 Å². The molecule has 0 fully saturated rings. The quantitative estimate of drug-likeness (QED) is 0.690. The molecule has 0 saturated heterocycles. The van der Waals surface area contributed by atoms with Crippen molar-refractivity contribution in [2.45, 2.75) is 19.8 Å². The second-order valence-electron chi connectivity index (χ2n) is 5.70. The molecule has 2 aromatic carbocycles. The second-order valence-corrected chi connectivity index (χ2v) is 6.56. The molecular weight excluding hydrogens is 346 g/mol. The smallest absolute Gasteiger partial charge is 0.257 e. The summed E-state index contributed by atoms with van der Waals surface area (Å²) in [7, 11) is 0. The number of thiazole rings is 1. The summed E-state index contributed by atoms with van der Waals surface area (Å²) in [6, 6.07) is 16.7. The van der Waals surface area contributed by atoms with Crippen LogP contribution in [0, 0.1) is 0 Å². The monoisotopic (exact) mass is 365 g/mol. The van der Waals surface area contributed by atoms with E-state index in [1.807, 2.05) is 37.3 Å². The third-order valence-electron chi connectivity index (χ3n) is 3.82. The van der Waals surface area contributed by atoms with Crippen molar-refractivity contribution >= 4 is 34.0 Å². The SMILES string of the molecule is CCc1ccccc1NC(=O)Cc1csc(NC(=O)c2ccccc2)n1. The van der Waals surface area contributed by atoms with Crippen molar-refractivity contribution < 1.29 is 9.59 Å². The van der Waals surface area contributed by atoms with Gasteiger partial charge in [0.05, 0.1) is 12.1 Å². The molecule has 1 heterocycles. The van der Waals surface area contributed by atoms with Crippen molar-refractivity contribution in [3.05, 3.63) is 76.8 Å². The van der Waals surface area contributed by atoms with Crippen LogP contribution in [0.3, 0.4) is 0 Å². The van der Waals surface area contributed by atoms with Gasteiger partial charge in [-0.2, -0.15) is 0 Å². The Labute approximate surface area is 156 Å². The van der Waals surface area contributed by atoms with E-state index in [0.717, 1.165) is 17.7 Å². The molecule has 0 aliphatic rings. The van der Waals surface area contributed by atoms with Gasteiger partial charge in [-0.15, -0.1) is 11.3 Å². The fraction of sp³-hybridized carbons (Fsp3) is 0.150. The van der Waals surface area contributed by atoms with Crippen molar-refractivity contribution in [2.24, 2.45) is 0 Å². The number of rotatable bonds is 6. The van der Waals surface area contributed by atoms with Gasteiger partial charge in [0.1, 0.15) is 0 Å². The summed E-state index contributed by atoms with van der Waals surface area (Å²) in [4.78, 5) is 28.7. The third kappa shape index (κ3) is 4.55.